The van der Waals surface area contributed by atoms with Crippen LogP contribution in [0.15, 0.2) is 109 Å². The van der Waals surface area contributed by atoms with Crippen molar-refractivity contribution in [3.8, 4) is 0 Å². The number of hydrogen-bond donors (Lipinski definition) is 1. The van der Waals surface area contributed by atoms with Crippen LogP contribution in [0.3, 0.4) is 0 Å². The zero-order valence-corrected chi connectivity index (χ0v) is 18.3. The second-order valence-corrected chi connectivity index (χ2v) is 6.43. The Hall–Kier alpha value is -1.86. The molecular weight excluding hydrogens is 428 g/mol. The maximum absolute atomic E-state index is 10.2. The summed E-state index contributed by atoms with van der Waals surface area (Å²) in [6, 6.07) is 36.1. The molecule has 0 spiro atoms. The molecule has 4 rings (SSSR count). The predicted octanol–water partition coefficient (Wildman–Crippen LogP) is 6.24. The largest absolute Gasteiger partial charge is 0.602 e. The summed E-state index contributed by atoms with van der Waals surface area (Å²) in [4.78, 5) is 0. The normalized spacial score (nSPS) is 10.3. The average Bonchev–Trinajstić information content (AvgIpc) is 3.45. The minimum atomic E-state index is -0.828. The van der Waals surface area contributed by atoms with Gasteiger partial charge in [0, 0.05) is 34.1 Å². The standard InChI is InChI=1S/C15H16O.2C5H5.2Fe/c1-15(2,16)14(13-9-5-6-10-13)11-12-7-3-4-8-12;2*1-2-4-5-3-1;;/h3-11,16H,1-2H3;2*1-5H;;/q-6;2*-1;;. The second-order valence-electron chi connectivity index (χ2n) is 6.43. The molecule has 0 fully saturated rings. The van der Waals surface area contributed by atoms with Gasteiger partial charge in [0.2, 0.25) is 0 Å². The van der Waals surface area contributed by atoms with Gasteiger partial charge in [-0.15, -0.1) is 0 Å². The summed E-state index contributed by atoms with van der Waals surface area (Å²) < 4.78 is 0. The van der Waals surface area contributed by atoms with Crippen molar-refractivity contribution in [3.05, 3.63) is 120 Å². The summed E-state index contributed by atoms with van der Waals surface area (Å²) in [6.45, 7) is 3.63. The minimum absolute atomic E-state index is 0. The summed E-state index contributed by atoms with van der Waals surface area (Å²) in [5, 5.41) is 10.2. The van der Waals surface area contributed by atoms with E-state index in [0.29, 0.717) is 0 Å². The van der Waals surface area contributed by atoms with Crippen LogP contribution < -0.4 is 0 Å². The minimum Gasteiger partial charge on any atom is -0.602 e. The Morgan fingerprint density at radius 3 is 1.54 bits per heavy atom. The van der Waals surface area contributed by atoms with Crippen LogP contribution in [0.2, 0.25) is 0 Å². The monoisotopic (exact) mass is 454 g/mol. The van der Waals surface area contributed by atoms with Crippen molar-refractivity contribution in [1.82, 2.24) is 0 Å². The zero-order chi connectivity index (χ0) is 18.7. The van der Waals surface area contributed by atoms with Crippen LogP contribution in [-0.4, -0.2) is 10.7 Å². The average molecular weight is 454 g/mol. The van der Waals surface area contributed by atoms with Gasteiger partial charge < -0.3 is 46.6 Å². The summed E-state index contributed by atoms with van der Waals surface area (Å²) in [6.07, 6.45) is 2.04. The first kappa shape index (κ1) is 26.1. The molecule has 4 aromatic rings. The summed E-state index contributed by atoms with van der Waals surface area (Å²) in [5.74, 6) is 0. The molecule has 3 heteroatoms. The van der Waals surface area contributed by atoms with Gasteiger partial charge in [-0.25, -0.2) is 29.8 Å². The number of aliphatic hydroxyl groups is 1. The Morgan fingerprint density at radius 1 is 0.786 bits per heavy atom. The quantitative estimate of drug-likeness (QED) is 0.287. The molecule has 0 bridgehead atoms. The SMILES string of the molecule is CC(C)(O)C(=C[c-]1[cH-][cH-][cH-][cH-]1)[c-]1cccc1.[Fe].[Fe].c1cc[cH-]c1.c1cc[cH-]c1. The fourth-order valence-electron chi connectivity index (χ4n) is 2.46. The van der Waals surface area contributed by atoms with E-state index in [4.69, 9.17) is 0 Å². The maximum Gasteiger partial charge on any atom is 0 e. The van der Waals surface area contributed by atoms with Crippen LogP contribution in [0.25, 0.3) is 11.6 Å². The molecule has 0 aliphatic rings. The fraction of sp³-hybridized carbons (Fsp3) is 0.120. The van der Waals surface area contributed by atoms with Crippen LogP contribution >= 0.6 is 0 Å². The van der Waals surface area contributed by atoms with Gasteiger partial charge in [0.25, 0.3) is 0 Å². The van der Waals surface area contributed by atoms with Crippen molar-refractivity contribution >= 4 is 11.6 Å². The second kappa shape index (κ2) is 14.2. The molecule has 0 radical (unpaired) electrons. The van der Waals surface area contributed by atoms with Crippen molar-refractivity contribution in [2.75, 3.05) is 0 Å². The van der Waals surface area contributed by atoms with E-state index in [9.17, 15) is 5.11 Å². The molecule has 0 unspecified atom stereocenters. The van der Waals surface area contributed by atoms with Gasteiger partial charge in [0.1, 0.15) is 0 Å². The third-order valence-corrected chi connectivity index (χ3v) is 3.74. The molecule has 0 aromatic heterocycles. The van der Waals surface area contributed by atoms with Crippen LogP contribution in [0.5, 0.6) is 0 Å². The molecule has 0 aliphatic carbocycles. The Labute approximate surface area is 190 Å². The van der Waals surface area contributed by atoms with E-state index in [1.807, 2.05) is 129 Å². The van der Waals surface area contributed by atoms with E-state index >= 15 is 0 Å². The molecule has 156 valence electrons. The Balaban J connectivity index is 0.000000500. The van der Waals surface area contributed by atoms with E-state index < -0.39 is 5.60 Å². The zero-order valence-electron chi connectivity index (χ0n) is 16.1. The van der Waals surface area contributed by atoms with Crippen molar-refractivity contribution in [2.24, 2.45) is 0 Å². The third-order valence-electron chi connectivity index (χ3n) is 3.74. The molecular formula is C25H26Fe2O-8. The van der Waals surface area contributed by atoms with Crippen LogP contribution in [-0.2, 0) is 34.1 Å². The van der Waals surface area contributed by atoms with Crippen molar-refractivity contribution < 1.29 is 39.2 Å². The molecule has 0 saturated heterocycles. The van der Waals surface area contributed by atoms with Gasteiger partial charge in [0.15, 0.2) is 0 Å². The molecule has 4 aromatic carbocycles. The van der Waals surface area contributed by atoms with Gasteiger partial charge in [-0.05, 0) is 5.60 Å². The van der Waals surface area contributed by atoms with E-state index in [2.05, 4.69) is 0 Å². The predicted molar refractivity (Wildman–Crippen MR) is 112 cm³/mol. The smallest absolute Gasteiger partial charge is 0 e. The molecule has 1 N–H and O–H groups in total. The summed E-state index contributed by atoms with van der Waals surface area (Å²) in [5.41, 5.74) is 2.32. The molecule has 0 saturated carbocycles. The Morgan fingerprint density at radius 2 is 1.21 bits per heavy atom. The molecule has 0 heterocycles. The first-order chi connectivity index (χ1) is 12.6. The van der Waals surface area contributed by atoms with Gasteiger partial charge in [0.05, 0.1) is 0 Å². The molecule has 0 amide bonds. The van der Waals surface area contributed by atoms with Crippen molar-refractivity contribution in [3.63, 3.8) is 0 Å². The Kier molecular flexibility index (Phi) is 13.2. The Bertz CT molecular complexity index is 737. The number of rotatable bonds is 3. The molecule has 28 heavy (non-hydrogen) atoms. The van der Waals surface area contributed by atoms with E-state index in [0.717, 1.165) is 16.7 Å². The third kappa shape index (κ3) is 9.90. The van der Waals surface area contributed by atoms with Gasteiger partial charge >= 0.3 is 0 Å². The first-order valence-corrected chi connectivity index (χ1v) is 8.79. The first-order valence-electron chi connectivity index (χ1n) is 8.79. The fourth-order valence-corrected chi connectivity index (χ4v) is 2.46. The van der Waals surface area contributed by atoms with Gasteiger partial charge in [-0.3, -0.25) is 0 Å². The van der Waals surface area contributed by atoms with Crippen molar-refractivity contribution in [1.29, 1.82) is 0 Å². The van der Waals surface area contributed by atoms with E-state index in [1.165, 1.54) is 0 Å². The van der Waals surface area contributed by atoms with E-state index in [1.54, 1.807) is 0 Å². The van der Waals surface area contributed by atoms with Crippen LogP contribution in [0.1, 0.15) is 25.0 Å². The molecule has 1 nitrogen and oxygen atoms in total. The van der Waals surface area contributed by atoms with Crippen LogP contribution in [0, 0.1) is 0 Å². The number of hydrogen-bond acceptors (Lipinski definition) is 1. The maximum atomic E-state index is 10.2. The van der Waals surface area contributed by atoms with Crippen molar-refractivity contribution in [2.45, 2.75) is 19.4 Å². The van der Waals surface area contributed by atoms with Gasteiger partial charge in [-0.1, -0.05) is 13.8 Å². The van der Waals surface area contributed by atoms with E-state index in [-0.39, 0.29) is 34.1 Å². The molecule has 0 atom stereocenters. The summed E-state index contributed by atoms with van der Waals surface area (Å²) in [7, 11) is 0. The summed E-state index contributed by atoms with van der Waals surface area (Å²) >= 11 is 0. The van der Waals surface area contributed by atoms with Crippen LogP contribution in [0.4, 0.5) is 0 Å². The topological polar surface area (TPSA) is 20.2 Å². The van der Waals surface area contributed by atoms with Gasteiger partial charge in [-0.2, -0.15) is 60.7 Å². The molecule has 0 aliphatic heterocycles.